The topological polar surface area (TPSA) is 84.7 Å². The lowest BCUT2D eigenvalue weighted by Crippen LogP contribution is -2.39. The smallest absolute Gasteiger partial charge is 0.241 e. The van der Waals surface area contributed by atoms with Gasteiger partial charge in [0.1, 0.15) is 12.7 Å². The molecule has 3 rings (SSSR count). The summed E-state index contributed by atoms with van der Waals surface area (Å²) in [6, 6.07) is 3.51. The van der Waals surface area contributed by atoms with Crippen molar-refractivity contribution in [3.05, 3.63) is 31.0 Å². The van der Waals surface area contributed by atoms with Crippen LogP contribution in [0.5, 0.6) is 0 Å². The van der Waals surface area contributed by atoms with E-state index >= 15 is 0 Å². The third kappa shape index (κ3) is 3.43. The molecule has 2 aromatic rings. The predicted molar refractivity (Wildman–Crippen MR) is 78.0 cm³/mol. The highest BCUT2D eigenvalue weighted by molar-refractivity contribution is 5.94. The molecule has 7 heteroatoms. The number of amides is 1. The fourth-order valence-electron chi connectivity index (χ4n) is 2.40. The number of pyridine rings is 1. The Hall–Kier alpha value is -2.28. The minimum atomic E-state index is -0.109. The van der Waals surface area contributed by atoms with Gasteiger partial charge in [0.05, 0.1) is 17.9 Å². The lowest BCUT2D eigenvalue weighted by Gasteiger charge is -2.15. The molecule has 21 heavy (non-hydrogen) atoms. The Kier molecular flexibility index (Phi) is 4.20. The van der Waals surface area contributed by atoms with Crippen LogP contribution in [0.1, 0.15) is 25.7 Å². The summed E-state index contributed by atoms with van der Waals surface area (Å²) in [6.07, 6.45) is 8.96. The summed E-state index contributed by atoms with van der Waals surface area (Å²) in [6.45, 7) is 0.904. The SMILES string of the molecule is O=C(Nc1ccc(-n2cncn2)nc1)C1CCCCCN1. The van der Waals surface area contributed by atoms with E-state index in [-0.39, 0.29) is 11.9 Å². The van der Waals surface area contributed by atoms with Crippen LogP contribution in [0.3, 0.4) is 0 Å². The molecule has 0 aliphatic carbocycles. The zero-order valence-electron chi connectivity index (χ0n) is 11.7. The maximum atomic E-state index is 12.2. The van der Waals surface area contributed by atoms with Gasteiger partial charge in [-0.1, -0.05) is 12.8 Å². The molecule has 1 amide bonds. The normalized spacial score (nSPS) is 19.0. The van der Waals surface area contributed by atoms with Crippen molar-refractivity contribution in [2.24, 2.45) is 0 Å². The molecule has 0 bridgehead atoms. The molecule has 0 aromatic carbocycles. The molecule has 7 nitrogen and oxygen atoms in total. The quantitative estimate of drug-likeness (QED) is 0.883. The highest BCUT2D eigenvalue weighted by Gasteiger charge is 2.19. The van der Waals surface area contributed by atoms with Gasteiger partial charge in [0, 0.05) is 0 Å². The largest absolute Gasteiger partial charge is 0.323 e. The van der Waals surface area contributed by atoms with Crippen LogP contribution in [0.15, 0.2) is 31.0 Å². The molecule has 0 radical (unpaired) electrons. The van der Waals surface area contributed by atoms with Crippen molar-refractivity contribution in [2.45, 2.75) is 31.7 Å². The molecular weight excluding hydrogens is 268 g/mol. The van der Waals surface area contributed by atoms with Crippen LogP contribution in [-0.2, 0) is 4.79 Å². The van der Waals surface area contributed by atoms with Crippen LogP contribution in [0.2, 0.25) is 0 Å². The summed E-state index contributed by atoms with van der Waals surface area (Å²) >= 11 is 0. The number of carbonyl (C=O) groups excluding carboxylic acids is 1. The third-order valence-corrected chi connectivity index (χ3v) is 3.55. The molecule has 1 aliphatic rings. The van der Waals surface area contributed by atoms with E-state index in [0.29, 0.717) is 11.5 Å². The number of nitrogens with zero attached hydrogens (tertiary/aromatic N) is 4. The Morgan fingerprint density at radius 3 is 3.05 bits per heavy atom. The number of carbonyl (C=O) groups is 1. The molecule has 3 heterocycles. The number of hydrogen-bond acceptors (Lipinski definition) is 5. The first-order valence-electron chi connectivity index (χ1n) is 7.18. The first kappa shape index (κ1) is 13.7. The van der Waals surface area contributed by atoms with Crippen LogP contribution in [-0.4, -0.2) is 38.2 Å². The lowest BCUT2D eigenvalue weighted by molar-refractivity contribution is -0.118. The van der Waals surface area contributed by atoms with Crippen LogP contribution in [0.4, 0.5) is 5.69 Å². The van der Waals surface area contributed by atoms with Crippen molar-refractivity contribution in [1.29, 1.82) is 0 Å². The van der Waals surface area contributed by atoms with Crippen LogP contribution in [0, 0.1) is 0 Å². The van der Waals surface area contributed by atoms with Gasteiger partial charge in [-0.05, 0) is 31.5 Å². The van der Waals surface area contributed by atoms with E-state index in [4.69, 9.17) is 0 Å². The van der Waals surface area contributed by atoms with E-state index in [2.05, 4.69) is 25.7 Å². The zero-order chi connectivity index (χ0) is 14.5. The van der Waals surface area contributed by atoms with Crippen molar-refractivity contribution in [2.75, 3.05) is 11.9 Å². The second-order valence-electron chi connectivity index (χ2n) is 5.09. The summed E-state index contributed by atoms with van der Waals surface area (Å²) in [5, 5.41) is 10.2. The Bertz CT molecular complexity index is 572. The van der Waals surface area contributed by atoms with Gasteiger partial charge >= 0.3 is 0 Å². The summed E-state index contributed by atoms with van der Waals surface area (Å²) in [7, 11) is 0. The maximum Gasteiger partial charge on any atom is 0.241 e. The van der Waals surface area contributed by atoms with E-state index in [9.17, 15) is 4.79 Å². The van der Waals surface area contributed by atoms with Gasteiger partial charge in [-0.3, -0.25) is 4.79 Å². The van der Waals surface area contributed by atoms with E-state index in [0.717, 1.165) is 25.8 Å². The summed E-state index contributed by atoms with van der Waals surface area (Å²) < 4.78 is 1.57. The van der Waals surface area contributed by atoms with Crippen molar-refractivity contribution in [3.8, 4) is 5.82 Å². The monoisotopic (exact) mass is 286 g/mol. The highest BCUT2D eigenvalue weighted by atomic mass is 16.2. The van der Waals surface area contributed by atoms with Gasteiger partial charge < -0.3 is 10.6 Å². The number of aromatic nitrogens is 4. The molecule has 1 fully saturated rings. The minimum absolute atomic E-state index is 0.00667. The Morgan fingerprint density at radius 1 is 1.33 bits per heavy atom. The van der Waals surface area contributed by atoms with Gasteiger partial charge in [0.15, 0.2) is 5.82 Å². The number of anilines is 1. The van der Waals surface area contributed by atoms with E-state index in [1.807, 2.05) is 6.07 Å². The molecule has 1 aliphatic heterocycles. The molecule has 2 N–H and O–H groups in total. The molecule has 1 saturated heterocycles. The predicted octanol–water partition coefficient (Wildman–Crippen LogP) is 1.13. The van der Waals surface area contributed by atoms with Gasteiger partial charge in [-0.2, -0.15) is 5.10 Å². The Morgan fingerprint density at radius 2 is 2.29 bits per heavy atom. The number of hydrogen-bond donors (Lipinski definition) is 2. The molecule has 2 aromatic heterocycles. The maximum absolute atomic E-state index is 12.2. The fourth-order valence-corrected chi connectivity index (χ4v) is 2.40. The second kappa shape index (κ2) is 6.45. The van der Waals surface area contributed by atoms with Gasteiger partial charge in [-0.25, -0.2) is 14.6 Å². The van der Waals surface area contributed by atoms with E-state index < -0.39 is 0 Å². The van der Waals surface area contributed by atoms with Crippen molar-refractivity contribution in [1.82, 2.24) is 25.1 Å². The van der Waals surface area contributed by atoms with Crippen molar-refractivity contribution >= 4 is 11.6 Å². The molecule has 1 unspecified atom stereocenters. The van der Waals surface area contributed by atoms with Gasteiger partial charge in [0.25, 0.3) is 0 Å². The van der Waals surface area contributed by atoms with E-state index in [1.165, 1.54) is 12.7 Å². The molecular formula is C14H18N6O. The van der Waals surface area contributed by atoms with Crippen molar-refractivity contribution in [3.63, 3.8) is 0 Å². The minimum Gasteiger partial charge on any atom is -0.323 e. The molecule has 1 atom stereocenters. The van der Waals surface area contributed by atoms with Gasteiger partial charge in [0.2, 0.25) is 5.91 Å². The molecule has 110 valence electrons. The number of nitrogens with one attached hydrogen (secondary N) is 2. The number of rotatable bonds is 3. The molecule has 0 saturated carbocycles. The third-order valence-electron chi connectivity index (χ3n) is 3.55. The zero-order valence-corrected chi connectivity index (χ0v) is 11.7. The average Bonchev–Trinajstić information content (AvgIpc) is 2.90. The van der Waals surface area contributed by atoms with Crippen LogP contribution < -0.4 is 10.6 Å². The van der Waals surface area contributed by atoms with Gasteiger partial charge in [-0.15, -0.1) is 0 Å². The van der Waals surface area contributed by atoms with Crippen molar-refractivity contribution < 1.29 is 4.79 Å². The van der Waals surface area contributed by atoms with Crippen LogP contribution >= 0.6 is 0 Å². The lowest BCUT2D eigenvalue weighted by atomic mass is 10.1. The van der Waals surface area contributed by atoms with E-state index in [1.54, 1.807) is 23.3 Å². The highest BCUT2D eigenvalue weighted by Crippen LogP contribution is 2.12. The summed E-state index contributed by atoms with van der Waals surface area (Å²) in [5.41, 5.74) is 0.690. The Balaban J connectivity index is 1.63. The molecule has 0 spiro atoms. The first-order chi connectivity index (χ1) is 10.3. The second-order valence-corrected chi connectivity index (χ2v) is 5.09. The average molecular weight is 286 g/mol. The van der Waals surface area contributed by atoms with Crippen LogP contribution in [0.25, 0.3) is 5.82 Å². The Labute approximate surface area is 122 Å². The first-order valence-corrected chi connectivity index (χ1v) is 7.18. The summed E-state index contributed by atoms with van der Waals surface area (Å²) in [4.78, 5) is 20.3. The summed E-state index contributed by atoms with van der Waals surface area (Å²) in [5.74, 6) is 0.672. The fraction of sp³-hybridized carbons (Fsp3) is 0.429. The standard InChI is InChI=1S/C14H18N6O/c21-14(12-4-2-1-3-7-16-12)19-11-5-6-13(17-8-11)20-10-15-9-18-20/h5-6,8-10,12,16H,1-4,7H2,(H,19,21).